The van der Waals surface area contributed by atoms with Crippen LogP contribution >= 0.6 is 0 Å². The Hall–Kier alpha value is -0.990. The molecule has 0 spiro atoms. The molecule has 0 unspecified atom stereocenters. The SMILES string of the molecule is CC(C)C.CCNC1=C(OCC)C(=O)C1. The third-order valence-corrected chi connectivity index (χ3v) is 1.54. The predicted molar refractivity (Wildman–Crippen MR) is 62.5 cm³/mol. The fourth-order valence-corrected chi connectivity index (χ4v) is 1.05. The highest BCUT2D eigenvalue weighted by Gasteiger charge is 2.27. The quantitative estimate of drug-likeness (QED) is 0.779. The van der Waals surface area contributed by atoms with Crippen LogP contribution < -0.4 is 5.32 Å². The lowest BCUT2D eigenvalue weighted by atomic mass is 10.0. The molecular formula is C12H23NO2. The molecule has 1 aliphatic carbocycles. The van der Waals surface area contributed by atoms with Crippen molar-refractivity contribution in [1.29, 1.82) is 0 Å². The second kappa shape index (κ2) is 7.32. The van der Waals surface area contributed by atoms with Gasteiger partial charge in [0, 0.05) is 6.54 Å². The number of allylic oxidation sites excluding steroid dienone is 2. The van der Waals surface area contributed by atoms with Crippen LogP contribution in [0.2, 0.25) is 0 Å². The third kappa shape index (κ3) is 5.45. The van der Waals surface area contributed by atoms with Gasteiger partial charge in [-0.15, -0.1) is 0 Å². The van der Waals surface area contributed by atoms with Gasteiger partial charge in [0.15, 0.2) is 5.76 Å². The number of rotatable bonds is 4. The summed E-state index contributed by atoms with van der Waals surface area (Å²) in [6.45, 7) is 11.8. The van der Waals surface area contributed by atoms with Crippen molar-refractivity contribution < 1.29 is 9.53 Å². The molecule has 3 nitrogen and oxygen atoms in total. The predicted octanol–water partition coefficient (Wildman–Crippen LogP) is 2.48. The fraction of sp³-hybridized carbons (Fsp3) is 0.750. The molecule has 88 valence electrons. The summed E-state index contributed by atoms with van der Waals surface area (Å²) < 4.78 is 5.12. The van der Waals surface area contributed by atoms with Crippen molar-refractivity contribution in [3.63, 3.8) is 0 Å². The van der Waals surface area contributed by atoms with Crippen LogP contribution in [0.3, 0.4) is 0 Å². The Morgan fingerprint density at radius 1 is 1.33 bits per heavy atom. The minimum Gasteiger partial charge on any atom is -0.488 e. The maximum absolute atomic E-state index is 10.9. The number of nitrogens with one attached hydrogen (secondary N) is 1. The minimum atomic E-state index is 0.114. The molecule has 0 aliphatic heterocycles. The zero-order valence-electron chi connectivity index (χ0n) is 10.5. The first-order valence-corrected chi connectivity index (χ1v) is 5.65. The molecule has 0 aromatic carbocycles. The Bertz CT molecular complexity index is 229. The zero-order chi connectivity index (χ0) is 11.8. The monoisotopic (exact) mass is 213 g/mol. The third-order valence-electron chi connectivity index (χ3n) is 1.54. The highest BCUT2D eigenvalue weighted by molar-refractivity contribution is 6.02. The van der Waals surface area contributed by atoms with Crippen molar-refractivity contribution in [1.82, 2.24) is 5.32 Å². The summed E-state index contributed by atoms with van der Waals surface area (Å²) in [6.07, 6.45) is 0.517. The number of hydrogen-bond acceptors (Lipinski definition) is 3. The van der Waals surface area contributed by atoms with E-state index in [1.807, 2.05) is 13.8 Å². The molecule has 1 aliphatic rings. The highest BCUT2D eigenvalue weighted by atomic mass is 16.5. The van der Waals surface area contributed by atoms with Crippen LogP contribution in [0.1, 0.15) is 41.0 Å². The van der Waals surface area contributed by atoms with Crippen LogP contribution in [0.5, 0.6) is 0 Å². The zero-order valence-corrected chi connectivity index (χ0v) is 10.5. The van der Waals surface area contributed by atoms with E-state index in [1.165, 1.54) is 0 Å². The molecule has 0 fully saturated rings. The van der Waals surface area contributed by atoms with Crippen molar-refractivity contribution in [3.8, 4) is 0 Å². The van der Waals surface area contributed by atoms with E-state index in [4.69, 9.17) is 4.74 Å². The van der Waals surface area contributed by atoms with Gasteiger partial charge in [0.1, 0.15) is 0 Å². The molecule has 1 N–H and O–H groups in total. The standard InChI is InChI=1S/C8H13NO2.C4H10/c1-3-9-6-5-7(10)8(6)11-4-2;1-4(2)3/h9H,3-5H2,1-2H3;4H,1-3H3. The topological polar surface area (TPSA) is 38.3 Å². The Labute approximate surface area is 92.9 Å². The van der Waals surface area contributed by atoms with Crippen LogP contribution in [0.15, 0.2) is 11.5 Å². The van der Waals surface area contributed by atoms with E-state index in [-0.39, 0.29) is 5.78 Å². The van der Waals surface area contributed by atoms with Gasteiger partial charge < -0.3 is 10.1 Å². The van der Waals surface area contributed by atoms with Gasteiger partial charge in [0.05, 0.1) is 18.7 Å². The molecule has 0 aromatic heterocycles. The lowest BCUT2D eigenvalue weighted by molar-refractivity contribution is -0.120. The fourth-order valence-electron chi connectivity index (χ4n) is 1.05. The molecule has 0 radical (unpaired) electrons. The summed E-state index contributed by atoms with van der Waals surface area (Å²) in [6, 6.07) is 0. The Morgan fingerprint density at radius 3 is 2.20 bits per heavy atom. The van der Waals surface area contributed by atoms with Gasteiger partial charge in [-0.25, -0.2) is 0 Å². The van der Waals surface area contributed by atoms with Crippen LogP contribution in [0, 0.1) is 5.92 Å². The summed E-state index contributed by atoms with van der Waals surface area (Å²) in [5, 5.41) is 3.08. The van der Waals surface area contributed by atoms with Gasteiger partial charge in [0.25, 0.3) is 0 Å². The van der Waals surface area contributed by atoms with Crippen LogP contribution in [0.4, 0.5) is 0 Å². The van der Waals surface area contributed by atoms with Gasteiger partial charge in [-0.1, -0.05) is 20.8 Å². The van der Waals surface area contributed by atoms with Crippen LogP contribution in [0.25, 0.3) is 0 Å². The first-order valence-electron chi connectivity index (χ1n) is 5.65. The number of carbonyl (C=O) groups is 1. The van der Waals surface area contributed by atoms with Gasteiger partial charge >= 0.3 is 0 Å². The maximum atomic E-state index is 10.9. The van der Waals surface area contributed by atoms with E-state index in [1.54, 1.807) is 0 Å². The first kappa shape index (κ1) is 14.0. The normalized spacial score (nSPS) is 14.4. The van der Waals surface area contributed by atoms with Crippen molar-refractivity contribution >= 4 is 5.78 Å². The van der Waals surface area contributed by atoms with Gasteiger partial charge in [-0.3, -0.25) is 4.79 Å². The van der Waals surface area contributed by atoms with E-state index in [0.29, 0.717) is 18.8 Å². The average molecular weight is 213 g/mol. The van der Waals surface area contributed by atoms with Crippen LogP contribution in [-0.4, -0.2) is 18.9 Å². The Balaban J connectivity index is 0.000000423. The van der Waals surface area contributed by atoms with Gasteiger partial charge in [0.2, 0.25) is 5.78 Å². The molecule has 0 saturated carbocycles. The van der Waals surface area contributed by atoms with E-state index in [0.717, 1.165) is 18.2 Å². The number of carbonyl (C=O) groups excluding carboxylic acids is 1. The van der Waals surface area contributed by atoms with E-state index in [9.17, 15) is 4.79 Å². The molecular weight excluding hydrogens is 190 g/mol. The largest absolute Gasteiger partial charge is 0.488 e. The van der Waals surface area contributed by atoms with E-state index < -0.39 is 0 Å². The lowest BCUT2D eigenvalue weighted by Crippen LogP contribution is -2.29. The Morgan fingerprint density at radius 2 is 1.87 bits per heavy atom. The summed E-state index contributed by atoms with van der Waals surface area (Å²) in [4.78, 5) is 10.9. The van der Waals surface area contributed by atoms with Crippen molar-refractivity contribution in [2.45, 2.75) is 41.0 Å². The second-order valence-electron chi connectivity index (χ2n) is 4.10. The number of ether oxygens (including phenoxy) is 1. The first-order chi connectivity index (χ1) is 7.02. The number of Topliss-reactive ketones (excluding diaryl/α,β-unsaturated/α-hetero) is 1. The molecule has 3 heteroatoms. The lowest BCUT2D eigenvalue weighted by Gasteiger charge is -2.22. The average Bonchev–Trinajstić information content (AvgIpc) is 2.13. The molecule has 0 aromatic rings. The number of ketones is 1. The van der Waals surface area contributed by atoms with E-state index >= 15 is 0 Å². The van der Waals surface area contributed by atoms with Crippen molar-refractivity contribution in [3.05, 3.63) is 11.5 Å². The minimum absolute atomic E-state index is 0.114. The summed E-state index contributed by atoms with van der Waals surface area (Å²) in [7, 11) is 0. The van der Waals surface area contributed by atoms with Crippen molar-refractivity contribution in [2.24, 2.45) is 5.92 Å². The van der Waals surface area contributed by atoms with Crippen LogP contribution in [-0.2, 0) is 9.53 Å². The Kier molecular flexibility index (Phi) is 6.84. The highest BCUT2D eigenvalue weighted by Crippen LogP contribution is 2.22. The van der Waals surface area contributed by atoms with Gasteiger partial charge in [-0.05, 0) is 19.8 Å². The summed E-state index contributed by atoms with van der Waals surface area (Å²) in [5.41, 5.74) is 0.958. The van der Waals surface area contributed by atoms with E-state index in [2.05, 4.69) is 26.1 Å². The number of hydrogen-bond donors (Lipinski definition) is 1. The molecule has 1 rings (SSSR count). The molecule has 0 atom stereocenters. The molecule has 0 saturated heterocycles. The molecule has 0 bridgehead atoms. The second-order valence-corrected chi connectivity index (χ2v) is 4.10. The summed E-state index contributed by atoms with van der Waals surface area (Å²) in [5.74, 6) is 1.48. The molecule has 0 amide bonds. The summed E-state index contributed by atoms with van der Waals surface area (Å²) >= 11 is 0. The molecule has 15 heavy (non-hydrogen) atoms. The van der Waals surface area contributed by atoms with Gasteiger partial charge in [-0.2, -0.15) is 0 Å². The maximum Gasteiger partial charge on any atom is 0.205 e. The molecule has 0 heterocycles. The van der Waals surface area contributed by atoms with Crippen molar-refractivity contribution in [2.75, 3.05) is 13.2 Å². The smallest absolute Gasteiger partial charge is 0.205 e.